The number of anilines is 6. The molecule has 0 fully saturated rings. The van der Waals surface area contributed by atoms with Crippen molar-refractivity contribution in [3.63, 3.8) is 0 Å². The molecule has 3 aliphatic rings. The Kier molecular flexibility index (Phi) is 8.42. The van der Waals surface area contributed by atoms with Gasteiger partial charge in [-0.3, -0.25) is 0 Å². The van der Waals surface area contributed by atoms with Crippen LogP contribution in [0.4, 0.5) is 34.1 Å². The van der Waals surface area contributed by atoms with E-state index in [1.54, 1.807) is 0 Å². The predicted molar refractivity (Wildman–Crippen MR) is 308 cm³/mol. The summed E-state index contributed by atoms with van der Waals surface area (Å²) >= 11 is 0. The number of nitriles is 1. The van der Waals surface area contributed by atoms with Crippen molar-refractivity contribution in [2.45, 2.75) is 52.4 Å². The van der Waals surface area contributed by atoms with Gasteiger partial charge in [-0.05, 0) is 139 Å². The lowest BCUT2D eigenvalue weighted by Crippen LogP contribution is -2.61. The summed E-state index contributed by atoms with van der Waals surface area (Å²) in [7, 11) is 0. The van der Waals surface area contributed by atoms with E-state index in [0.29, 0.717) is 5.56 Å². The first-order valence-electron chi connectivity index (χ1n) is 25.6. The number of para-hydroxylation sites is 3. The summed E-state index contributed by atoms with van der Waals surface area (Å²) in [6.07, 6.45) is 0. The van der Waals surface area contributed by atoms with Crippen molar-refractivity contribution >= 4 is 112 Å². The third-order valence-corrected chi connectivity index (χ3v) is 16.3. The SMILES string of the molecule is CC(C)(C)c1ccc2c(c1)c1cc(C(C)(C)C)ccc1n2-c1ccc2c(c1)N(c1ccc(-c3cccc4ccccc34)cc1)c1cc(C#N)cc3c1B2c1cccc2c1N3c1cccc3c4ccccc4n-2c13. The molecule has 0 saturated carbocycles. The summed E-state index contributed by atoms with van der Waals surface area (Å²) in [5.74, 6) is 0. The van der Waals surface area contributed by atoms with Gasteiger partial charge >= 0.3 is 0 Å². The van der Waals surface area contributed by atoms with Gasteiger partial charge in [0.2, 0.25) is 0 Å². The molecule has 346 valence electrons. The molecule has 0 radical (unpaired) electrons. The molecule has 0 N–H and O–H groups in total. The number of hydrogen-bond acceptors (Lipinski definition) is 3. The lowest BCUT2D eigenvalue weighted by molar-refractivity contribution is 0.590. The molecule has 5 heterocycles. The fraction of sp³-hybridized carbons (Fsp3) is 0.119. The van der Waals surface area contributed by atoms with Crippen LogP contribution in [0.5, 0.6) is 0 Å². The number of nitrogens with zero attached hydrogens (tertiary/aromatic N) is 5. The number of rotatable bonds is 3. The molecule has 2 aromatic heterocycles. The Labute approximate surface area is 425 Å². The van der Waals surface area contributed by atoms with Crippen molar-refractivity contribution in [3.8, 4) is 28.6 Å². The summed E-state index contributed by atoms with van der Waals surface area (Å²) in [6, 6.07) is 74.9. The Balaban J connectivity index is 1.02. The average Bonchev–Trinajstić information content (AvgIpc) is 3.93. The fourth-order valence-corrected chi connectivity index (χ4v) is 12.9. The van der Waals surface area contributed by atoms with Crippen LogP contribution in [0.3, 0.4) is 0 Å². The number of benzene rings is 10. The van der Waals surface area contributed by atoms with Crippen LogP contribution in [0.25, 0.3) is 76.9 Å². The van der Waals surface area contributed by atoms with Crippen molar-refractivity contribution in [2.24, 2.45) is 0 Å². The van der Waals surface area contributed by atoms with Crippen LogP contribution < -0.4 is 26.2 Å². The molecular formula is C67H50BN5. The van der Waals surface area contributed by atoms with Gasteiger partial charge in [0.05, 0.1) is 50.8 Å². The highest BCUT2D eigenvalue weighted by Gasteiger charge is 2.46. The third-order valence-electron chi connectivity index (χ3n) is 16.3. The summed E-state index contributed by atoms with van der Waals surface area (Å²) in [6.45, 7) is 13.7. The Morgan fingerprint density at radius 3 is 1.75 bits per heavy atom. The highest BCUT2D eigenvalue weighted by Crippen LogP contribution is 2.53. The average molecular weight is 936 g/mol. The summed E-state index contributed by atoms with van der Waals surface area (Å²) < 4.78 is 4.95. The van der Waals surface area contributed by atoms with Crippen LogP contribution in [0, 0.1) is 11.3 Å². The van der Waals surface area contributed by atoms with Gasteiger partial charge in [0.1, 0.15) is 0 Å². The molecule has 15 rings (SSSR count). The molecule has 0 bridgehead atoms. The first kappa shape index (κ1) is 41.9. The van der Waals surface area contributed by atoms with E-state index in [9.17, 15) is 5.26 Å². The second kappa shape index (κ2) is 14.7. The van der Waals surface area contributed by atoms with Crippen molar-refractivity contribution in [1.29, 1.82) is 5.26 Å². The van der Waals surface area contributed by atoms with Crippen LogP contribution in [-0.4, -0.2) is 15.8 Å². The van der Waals surface area contributed by atoms with Gasteiger partial charge in [-0.15, -0.1) is 0 Å². The molecule has 73 heavy (non-hydrogen) atoms. The molecule has 0 aliphatic carbocycles. The molecule has 0 unspecified atom stereocenters. The lowest BCUT2D eigenvalue weighted by Gasteiger charge is -2.46. The summed E-state index contributed by atoms with van der Waals surface area (Å²) in [5, 5.41) is 18.5. The standard InChI is InChI=1S/C67H50BN5/c1-66(2,3)43-26-32-56-51(36-43)52-37-44(67(4,5)6)27-33-57(52)71(56)46-30-31-53-60(38-46)70(45-28-24-42(25-29-45)48-18-11-15-41-14-7-8-16-47(41)48)61-34-40(39-69)35-62-63(61)68(53)54-20-13-23-59-65(54)73(62)58-22-12-19-50-49-17-9-10-21-55(49)72(59)64(50)58/h7-38H,1-6H3. The van der Waals surface area contributed by atoms with Gasteiger partial charge in [0.25, 0.3) is 6.71 Å². The van der Waals surface area contributed by atoms with Crippen LogP contribution in [0.15, 0.2) is 194 Å². The maximum absolute atomic E-state index is 11.1. The van der Waals surface area contributed by atoms with Crippen LogP contribution in [-0.2, 0) is 10.8 Å². The van der Waals surface area contributed by atoms with E-state index in [0.717, 1.165) is 51.1 Å². The van der Waals surface area contributed by atoms with Gasteiger partial charge in [-0.25, -0.2) is 0 Å². The summed E-state index contributed by atoms with van der Waals surface area (Å²) in [5.41, 5.74) is 22.7. The van der Waals surface area contributed by atoms with E-state index >= 15 is 0 Å². The largest absolute Gasteiger partial charge is 0.311 e. The molecule has 10 aromatic carbocycles. The molecule has 0 amide bonds. The van der Waals surface area contributed by atoms with Crippen molar-refractivity contribution in [2.75, 3.05) is 9.80 Å². The first-order valence-corrected chi connectivity index (χ1v) is 25.6. The van der Waals surface area contributed by atoms with Gasteiger partial charge in [0, 0.05) is 50.0 Å². The normalized spacial score (nSPS) is 13.5. The quantitative estimate of drug-likeness (QED) is 0.166. The van der Waals surface area contributed by atoms with E-state index < -0.39 is 0 Å². The molecule has 5 nitrogen and oxygen atoms in total. The Morgan fingerprint density at radius 1 is 0.425 bits per heavy atom. The number of aromatic nitrogens is 2. The topological polar surface area (TPSA) is 40.1 Å². The zero-order chi connectivity index (χ0) is 49.2. The Morgan fingerprint density at radius 2 is 1.03 bits per heavy atom. The zero-order valence-electron chi connectivity index (χ0n) is 41.8. The van der Waals surface area contributed by atoms with E-state index in [-0.39, 0.29) is 17.5 Å². The van der Waals surface area contributed by atoms with Crippen LogP contribution in [0.2, 0.25) is 0 Å². The maximum Gasteiger partial charge on any atom is 0.252 e. The molecule has 3 aliphatic heterocycles. The highest BCUT2D eigenvalue weighted by molar-refractivity contribution is 7.00. The number of fused-ring (bicyclic) bond motifs is 13. The van der Waals surface area contributed by atoms with E-state index in [2.05, 4.69) is 261 Å². The van der Waals surface area contributed by atoms with Crippen molar-refractivity contribution in [1.82, 2.24) is 9.13 Å². The van der Waals surface area contributed by atoms with E-state index in [1.165, 1.54) is 87.5 Å². The van der Waals surface area contributed by atoms with E-state index in [4.69, 9.17) is 0 Å². The van der Waals surface area contributed by atoms with Gasteiger partial charge in [0.15, 0.2) is 0 Å². The molecule has 12 aromatic rings. The van der Waals surface area contributed by atoms with Crippen molar-refractivity contribution < 1.29 is 0 Å². The Hall–Kier alpha value is -8.79. The minimum Gasteiger partial charge on any atom is -0.311 e. The van der Waals surface area contributed by atoms with Gasteiger partial charge in [-0.2, -0.15) is 5.26 Å². The van der Waals surface area contributed by atoms with Crippen molar-refractivity contribution in [3.05, 3.63) is 211 Å². The van der Waals surface area contributed by atoms with E-state index in [1.807, 2.05) is 0 Å². The fourth-order valence-electron chi connectivity index (χ4n) is 12.9. The highest BCUT2D eigenvalue weighted by atomic mass is 15.2. The molecule has 0 atom stereocenters. The smallest absolute Gasteiger partial charge is 0.252 e. The van der Waals surface area contributed by atoms with Crippen LogP contribution >= 0.6 is 0 Å². The molecule has 0 saturated heterocycles. The lowest BCUT2D eigenvalue weighted by atomic mass is 9.33. The van der Waals surface area contributed by atoms with Gasteiger partial charge in [-0.1, -0.05) is 157 Å². The third kappa shape index (κ3) is 5.79. The Bertz CT molecular complexity index is 4360. The maximum atomic E-state index is 11.1. The summed E-state index contributed by atoms with van der Waals surface area (Å²) in [4.78, 5) is 4.92. The second-order valence-electron chi connectivity index (χ2n) is 22.5. The molecular weight excluding hydrogens is 886 g/mol. The minimum atomic E-state index is -0.122. The monoisotopic (exact) mass is 935 g/mol. The zero-order valence-corrected chi connectivity index (χ0v) is 41.8. The van der Waals surface area contributed by atoms with Crippen LogP contribution in [0.1, 0.15) is 58.2 Å². The first-order chi connectivity index (χ1) is 35.4. The predicted octanol–water partition coefficient (Wildman–Crippen LogP) is 15.6. The van der Waals surface area contributed by atoms with Gasteiger partial charge < -0.3 is 18.9 Å². The molecule has 0 spiro atoms. The molecule has 6 heteroatoms. The number of hydrogen-bond donors (Lipinski definition) is 0. The second-order valence-corrected chi connectivity index (χ2v) is 22.5. The minimum absolute atomic E-state index is 0.0109.